The number of nitrogen functional groups attached to an aromatic ring is 1. The molecular weight excluding hydrogens is 186 g/mol. The van der Waals surface area contributed by atoms with Crippen molar-refractivity contribution in [3.63, 3.8) is 0 Å². The monoisotopic (exact) mass is 203 g/mol. The van der Waals surface area contributed by atoms with E-state index < -0.39 is 0 Å². The standard InChI is InChI=1S/C12H17N3/c1-7(2)10-6-15-11-9(8(10)3)4-5-14-12(11)13/h4-8,10H,1-3H3,(H2,13,14). The van der Waals surface area contributed by atoms with Gasteiger partial charge in [-0.25, -0.2) is 4.98 Å². The molecule has 3 heteroatoms. The molecule has 1 aliphatic heterocycles. The van der Waals surface area contributed by atoms with Crippen LogP contribution in [0.15, 0.2) is 17.3 Å². The number of nitrogens with zero attached hydrogens (tertiary/aromatic N) is 2. The van der Waals surface area contributed by atoms with Crippen molar-refractivity contribution >= 4 is 17.7 Å². The fourth-order valence-corrected chi connectivity index (χ4v) is 2.24. The first kappa shape index (κ1) is 10.1. The van der Waals surface area contributed by atoms with E-state index in [1.807, 2.05) is 12.3 Å². The number of anilines is 1. The first-order valence-corrected chi connectivity index (χ1v) is 5.40. The highest BCUT2D eigenvalue weighted by molar-refractivity contribution is 5.77. The van der Waals surface area contributed by atoms with Gasteiger partial charge in [-0.3, -0.25) is 4.99 Å². The minimum atomic E-state index is 0.475. The lowest BCUT2D eigenvalue weighted by atomic mass is 9.79. The summed E-state index contributed by atoms with van der Waals surface area (Å²) in [7, 11) is 0. The predicted molar refractivity (Wildman–Crippen MR) is 63.5 cm³/mol. The second kappa shape index (κ2) is 3.65. The summed E-state index contributed by atoms with van der Waals surface area (Å²) in [5.74, 6) is 2.12. The molecule has 1 aromatic rings. The number of hydrogen-bond donors (Lipinski definition) is 1. The quantitative estimate of drug-likeness (QED) is 0.763. The van der Waals surface area contributed by atoms with Crippen molar-refractivity contribution in [3.8, 4) is 0 Å². The third-order valence-electron chi connectivity index (χ3n) is 3.20. The molecule has 1 aliphatic rings. The van der Waals surface area contributed by atoms with Crippen LogP contribution in [0.25, 0.3) is 0 Å². The van der Waals surface area contributed by atoms with Crippen LogP contribution in [0.2, 0.25) is 0 Å². The first-order valence-electron chi connectivity index (χ1n) is 5.40. The van der Waals surface area contributed by atoms with Crippen LogP contribution in [-0.2, 0) is 0 Å². The van der Waals surface area contributed by atoms with Crippen LogP contribution in [-0.4, -0.2) is 11.2 Å². The summed E-state index contributed by atoms with van der Waals surface area (Å²) in [6, 6.07) is 2.03. The third kappa shape index (κ3) is 1.62. The van der Waals surface area contributed by atoms with Gasteiger partial charge in [-0.15, -0.1) is 0 Å². The number of aromatic nitrogens is 1. The maximum absolute atomic E-state index is 5.80. The van der Waals surface area contributed by atoms with Crippen molar-refractivity contribution in [2.24, 2.45) is 16.8 Å². The molecule has 0 spiro atoms. The summed E-state index contributed by atoms with van der Waals surface area (Å²) >= 11 is 0. The molecule has 0 saturated carbocycles. The van der Waals surface area contributed by atoms with Crippen molar-refractivity contribution in [2.45, 2.75) is 26.7 Å². The van der Waals surface area contributed by atoms with E-state index in [0.29, 0.717) is 23.6 Å². The Labute approximate surface area is 90.4 Å². The lowest BCUT2D eigenvalue weighted by Crippen LogP contribution is -2.21. The average molecular weight is 203 g/mol. The topological polar surface area (TPSA) is 51.3 Å². The van der Waals surface area contributed by atoms with E-state index in [2.05, 4.69) is 30.7 Å². The molecule has 0 aliphatic carbocycles. The summed E-state index contributed by atoms with van der Waals surface area (Å²) in [6.07, 6.45) is 3.79. The van der Waals surface area contributed by atoms with Gasteiger partial charge in [-0.1, -0.05) is 20.8 Å². The Morgan fingerprint density at radius 2 is 2.13 bits per heavy atom. The van der Waals surface area contributed by atoms with Crippen LogP contribution in [0, 0.1) is 11.8 Å². The molecule has 3 nitrogen and oxygen atoms in total. The molecule has 0 radical (unpaired) electrons. The Morgan fingerprint density at radius 1 is 1.40 bits per heavy atom. The number of nitrogens with two attached hydrogens (primary N) is 1. The zero-order chi connectivity index (χ0) is 11.0. The molecule has 2 N–H and O–H groups in total. The fraction of sp³-hybridized carbons (Fsp3) is 0.500. The second-order valence-corrected chi connectivity index (χ2v) is 4.52. The molecule has 0 fully saturated rings. The zero-order valence-corrected chi connectivity index (χ0v) is 9.44. The van der Waals surface area contributed by atoms with E-state index in [1.54, 1.807) is 6.20 Å². The predicted octanol–water partition coefficient (Wildman–Crippen LogP) is 2.76. The Kier molecular flexibility index (Phi) is 2.47. The van der Waals surface area contributed by atoms with Crippen LogP contribution < -0.4 is 5.73 Å². The smallest absolute Gasteiger partial charge is 0.149 e. The van der Waals surface area contributed by atoms with Crippen LogP contribution >= 0.6 is 0 Å². The maximum atomic E-state index is 5.80. The van der Waals surface area contributed by atoms with Crippen molar-refractivity contribution in [3.05, 3.63) is 17.8 Å². The van der Waals surface area contributed by atoms with Gasteiger partial charge in [0.25, 0.3) is 0 Å². The SMILES string of the molecule is CC(C)C1C=Nc2c(ccnc2N)C1C. The molecular formula is C12H17N3. The molecule has 0 bridgehead atoms. The number of pyridine rings is 1. The van der Waals surface area contributed by atoms with E-state index in [9.17, 15) is 0 Å². The molecule has 80 valence electrons. The van der Waals surface area contributed by atoms with Crippen LogP contribution in [0.1, 0.15) is 32.3 Å². The largest absolute Gasteiger partial charge is 0.382 e. The van der Waals surface area contributed by atoms with Crippen molar-refractivity contribution < 1.29 is 0 Å². The van der Waals surface area contributed by atoms with Gasteiger partial charge in [0.05, 0.1) is 0 Å². The Morgan fingerprint density at radius 3 is 2.80 bits per heavy atom. The molecule has 2 unspecified atom stereocenters. The zero-order valence-electron chi connectivity index (χ0n) is 9.44. The third-order valence-corrected chi connectivity index (χ3v) is 3.20. The number of fused-ring (bicyclic) bond motifs is 1. The molecule has 1 aromatic heterocycles. The van der Waals surface area contributed by atoms with Gasteiger partial charge < -0.3 is 5.73 Å². The lowest BCUT2D eigenvalue weighted by molar-refractivity contribution is 0.435. The number of aliphatic imine (C=N–C) groups is 1. The number of hydrogen-bond acceptors (Lipinski definition) is 3. The van der Waals surface area contributed by atoms with Gasteiger partial charge in [0.2, 0.25) is 0 Å². The normalized spacial score (nSPS) is 24.3. The van der Waals surface area contributed by atoms with Gasteiger partial charge >= 0.3 is 0 Å². The average Bonchev–Trinajstić information content (AvgIpc) is 2.19. The second-order valence-electron chi connectivity index (χ2n) is 4.52. The van der Waals surface area contributed by atoms with E-state index in [1.165, 1.54) is 5.56 Å². The van der Waals surface area contributed by atoms with Crippen molar-refractivity contribution in [2.75, 3.05) is 5.73 Å². The molecule has 0 saturated heterocycles. The van der Waals surface area contributed by atoms with Gasteiger partial charge in [0.15, 0.2) is 0 Å². The van der Waals surface area contributed by atoms with Gasteiger partial charge in [0, 0.05) is 18.3 Å². The van der Waals surface area contributed by atoms with Crippen LogP contribution in [0.3, 0.4) is 0 Å². The number of rotatable bonds is 1. The summed E-state index contributed by atoms with van der Waals surface area (Å²) < 4.78 is 0. The molecule has 2 rings (SSSR count). The van der Waals surface area contributed by atoms with E-state index in [0.717, 1.165) is 5.69 Å². The molecule has 15 heavy (non-hydrogen) atoms. The van der Waals surface area contributed by atoms with E-state index >= 15 is 0 Å². The minimum Gasteiger partial charge on any atom is -0.382 e. The molecule has 2 heterocycles. The Hall–Kier alpha value is -1.38. The fourth-order valence-electron chi connectivity index (χ4n) is 2.24. The first-order chi connectivity index (χ1) is 7.11. The Bertz CT molecular complexity index is 396. The lowest BCUT2D eigenvalue weighted by Gasteiger charge is -2.28. The summed E-state index contributed by atoms with van der Waals surface area (Å²) in [6.45, 7) is 6.68. The molecule has 0 amide bonds. The summed E-state index contributed by atoms with van der Waals surface area (Å²) in [5.41, 5.74) is 7.89. The Balaban J connectivity index is 2.46. The van der Waals surface area contributed by atoms with Crippen LogP contribution in [0.5, 0.6) is 0 Å². The van der Waals surface area contributed by atoms with Gasteiger partial charge in [-0.2, -0.15) is 0 Å². The minimum absolute atomic E-state index is 0.475. The summed E-state index contributed by atoms with van der Waals surface area (Å²) in [4.78, 5) is 8.49. The van der Waals surface area contributed by atoms with E-state index in [-0.39, 0.29) is 0 Å². The van der Waals surface area contributed by atoms with Gasteiger partial charge in [-0.05, 0) is 23.5 Å². The summed E-state index contributed by atoms with van der Waals surface area (Å²) in [5, 5.41) is 0. The van der Waals surface area contributed by atoms with Gasteiger partial charge in [0.1, 0.15) is 11.5 Å². The van der Waals surface area contributed by atoms with Crippen LogP contribution in [0.4, 0.5) is 11.5 Å². The highest BCUT2D eigenvalue weighted by atomic mass is 14.9. The maximum Gasteiger partial charge on any atom is 0.149 e. The molecule has 0 aromatic carbocycles. The van der Waals surface area contributed by atoms with Crippen molar-refractivity contribution in [1.82, 2.24) is 4.98 Å². The van der Waals surface area contributed by atoms with E-state index in [4.69, 9.17) is 5.73 Å². The highest BCUT2D eigenvalue weighted by Crippen LogP contribution is 2.40. The van der Waals surface area contributed by atoms with Crippen molar-refractivity contribution in [1.29, 1.82) is 0 Å². The molecule has 2 atom stereocenters. The highest BCUT2D eigenvalue weighted by Gasteiger charge is 2.26.